The highest BCUT2D eigenvalue weighted by Crippen LogP contribution is 2.33. The molecule has 1 fully saturated rings. The Morgan fingerprint density at radius 2 is 1.91 bits per heavy atom. The third-order valence-corrected chi connectivity index (χ3v) is 4.37. The van der Waals surface area contributed by atoms with E-state index in [1.165, 1.54) is 11.1 Å². The van der Waals surface area contributed by atoms with E-state index in [1.54, 1.807) is 0 Å². The molecular formula is C19H26N2O2. The molecule has 1 aromatic rings. The molecule has 124 valence electrons. The first kappa shape index (κ1) is 16.1. The quantitative estimate of drug-likeness (QED) is 0.858. The number of carbonyl (C=O) groups excluding carboxylic acids is 1. The molecule has 0 atom stereocenters. The van der Waals surface area contributed by atoms with E-state index in [9.17, 15) is 4.79 Å². The van der Waals surface area contributed by atoms with E-state index in [2.05, 4.69) is 29.6 Å². The first-order chi connectivity index (χ1) is 10.9. The number of benzene rings is 1. The van der Waals surface area contributed by atoms with Crippen molar-refractivity contribution in [2.45, 2.75) is 45.8 Å². The molecule has 0 spiro atoms. The molecule has 0 radical (unpaired) electrons. The summed E-state index contributed by atoms with van der Waals surface area (Å²) in [7, 11) is 0. The third-order valence-electron chi connectivity index (χ3n) is 4.37. The van der Waals surface area contributed by atoms with Crippen LogP contribution in [0.1, 0.15) is 44.7 Å². The fraction of sp³-hybridized carbons (Fsp3) is 0.526. The lowest BCUT2D eigenvalue weighted by Gasteiger charge is -2.37. The van der Waals surface area contributed by atoms with Gasteiger partial charge in [-0.3, -0.25) is 4.90 Å². The SMILES string of the molecule is CC(C)(C)OC(=O)N1Cc2ccccc2C=C1C1CCNCC1. The van der Waals surface area contributed by atoms with Gasteiger partial charge in [-0.1, -0.05) is 24.3 Å². The number of allylic oxidation sites excluding steroid dienone is 1. The summed E-state index contributed by atoms with van der Waals surface area (Å²) in [6, 6.07) is 8.29. The van der Waals surface area contributed by atoms with Gasteiger partial charge in [-0.25, -0.2) is 4.79 Å². The molecule has 2 aliphatic heterocycles. The van der Waals surface area contributed by atoms with Crippen LogP contribution in [0.15, 0.2) is 30.0 Å². The fourth-order valence-corrected chi connectivity index (χ4v) is 3.26. The van der Waals surface area contributed by atoms with E-state index >= 15 is 0 Å². The van der Waals surface area contributed by atoms with Crippen LogP contribution in [0, 0.1) is 5.92 Å². The van der Waals surface area contributed by atoms with E-state index in [4.69, 9.17) is 4.74 Å². The molecule has 4 nitrogen and oxygen atoms in total. The normalized spacial score (nSPS) is 19.1. The summed E-state index contributed by atoms with van der Waals surface area (Å²) in [6.45, 7) is 8.35. The van der Waals surface area contributed by atoms with E-state index in [1.807, 2.05) is 31.7 Å². The van der Waals surface area contributed by atoms with Crippen molar-refractivity contribution in [3.8, 4) is 0 Å². The van der Waals surface area contributed by atoms with Gasteiger partial charge in [0.15, 0.2) is 0 Å². The van der Waals surface area contributed by atoms with Gasteiger partial charge >= 0.3 is 6.09 Å². The summed E-state index contributed by atoms with van der Waals surface area (Å²) in [5, 5.41) is 3.39. The number of nitrogens with zero attached hydrogens (tertiary/aromatic N) is 1. The summed E-state index contributed by atoms with van der Waals surface area (Å²) in [4.78, 5) is 14.6. The van der Waals surface area contributed by atoms with Crippen molar-refractivity contribution in [2.24, 2.45) is 5.92 Å². The average molecular weight is 314 g/mol. The number of hydrogen-bond acceptors (Lipinski definition) is 3. The maximum atomic E-state index is 12.7. The van der Waals surface area contributed by atoms with Gasteiger partial charge < -0.3 is 10.1 Å². The van der Waals surface area contributed by atoms with Crippen LogP contribution in [0.3, 0.4) is 0 Å². The number of piperidine rings is 1. The molecule has 0 bridgehead atoms. The summed E-state index contributed by atoms with van der Waals surface area (Å²) >= 11 is 0. The second-order valence-electron chi connectivity index (χ2n) is 7.36. The van der Waals surface area contributed by atoms with Gasteiger partial charge in [0.1, 0.15) is 5.60 Å². The van der Waals surface area contributed by atoms with Crippen LogP contribution in [0.25, 0.3) is 6.08 Å². The highest BCUT2D eigenvalue weighted by Gasteiger charge is 2.32. The molecule has 2 aliphatic rings. The highest BCUT2D eigenvalue weighted by atomic mass is 16.6. The first-order valence-corrected chi connectivity index (χ1v) is 8.45. The van der Waals surface area contributed by atoms with E-state index in [0.717, 1.165) is 31.6 Å². The van der Waals surface area contributed by atoms with Crippen molar-refractivity contribution < 1.29 is 9.53 Å². The molecule has 4 heteroatoms. The van der Waals surface area contributed by atoms with E-state index in [0.29, 0.717) is 12.5 Å². The Labute approximate surface area is 138 Å². The number of rotatable bonds is 1. The minimum Gasteiger partial charge on any atom is -0.443 e. The van der Waals surface area contributed by atoms with Crippen LogP contribution in [0.2, 0.25) is 0 Å². The second-order valence-corrected chi connectivity index (χ2v) is 7.36. The Hall–Kier alpha value is -1.81. The minimum atomic E-state index is -0.479. The third kappa shape index (κ3) is 3.75. The fourth-order valence-electron chi connectivity index (χ4n) is 3.26. The molecule has 0 aliphatic carbocycles. The summed E-state index contributed by atoms with van der Waals surface area (Å²) in [6.07, 6.45) is 4.07. The lowest BCUT2D eigenvalue weighted by atomic mass is 9.89. The number of hydrogen-bond donors (Lipinski definition) is 1. The maximum absolute atomic E-state index is 12.7. The van der Waals surface area contributed by atoms with Crippen LogP contribution in [0.5, 0.6) is 0 Å². The van der Waals surface area contributed by atoms with Gasteiger partial charge in [0, 0.05) is 11.6 Å². The summed E-state index contributed by atoms with van der Waals surface area (Å²) in [5.74, 6) is 0.414. The predicted octanol–water partition coefficient (Wildman–Crippen LogP) is 3.78. The minimum absolute atomic E-state index is 0.239. The van der Waals surface area contributed by atoms with Crippen molar-refractivity contribution in [3.63, 3.8) is 0 Å². The molecule has 3 rings (SSSR count). The van der Waals surface area contributed by atoms with Gasteiger partial charge in [0.2, 0.25) is 0 Å². The predicted molar refractivity (Wildman–Crippen MR) is 91.8 cm³/mol. The monoisotopic (exact) mass is 314 g/mol. The smallest absolute Gasteiger partial charge is 0.414 e. The van der Waals surface area contributed by atoms with Crippen molar-refractivity contribution in [1.82, 2.24) is 10.2 Å². The number of fused-ring (bicyclic) bond motifs is 1. The molecule has 0 aromatic heterocycles. The Kier molecular flexibility index (Phi) is 4.44. The van der Waals surface area contributed by atoms with Gasteiger partial charge in [0.25, 0.3) is 0 Å². The Morgan fingerprint density at radius 1 is 1.22 bits per heavy atom. The van der Waals surface area contributed by atoms with Gasteiger partial charge in [-0.15, -0.1) is 0 Å². The van der Waals surface area contributed by atoms with Crippen molar-refractivity contribution in [2.75, 3.05) is 13.1 Å². The summed E-state index contributed by atoms with van der Waals surface area (Å²) in [5.41, 5.74) is 3.03. The van der Waals surface area contributed by atoms with E-state index in [-0.39, 0.29) is 6.09 Å². The molecular weight excluding hydrogens is 288 g/mol. The number of ether oxygens (including phenoxy) is 1. The molecule has 1 saturated heterocycles. The topological polar surface area (TPSA) is 41.6 Å². The zero-order valence-corrected chi connectivity index (χ0v) is 14.3. The van der Waals surface area contributed by atoms with Crippen molar-refractivity contribution in [3.05, 3.63) is 41.1 Å². The second kappa shape index (κ2) is 6.36. The molecule has 1 aromatic carbocycles. The van der Waals surface area contributed by atoms with Crippen molar-refractivity contribution in [1.29, 1.82) is 0 Å². The van der Waals surface area contributed by atoms with Crippen LogP contribution in [-0.4, -0.2) is 29.7 Å². The van der Waals surface area contributed by atoms with Crippen molar-refractivity contribution >= 4 is 12.2 Å². The standard InChI is InChI=1S/C19H26N2O2/c1-19(2,3)23-18(22)21-13-16-7-5-4-6-15(16)12-17(21)14-8-10-20-11-9-14/h4-7,12,14,20H,8-11,13H2,1-3H3. The number of nitrogens with one attached hydrogen (secondary N) is 1. The molecule has 0 unspecified atom stereocenters. The molecule has 1 N–H and O–H groups in total. The zero-order valence-electron chi connectivity index (χ0n) is 14.3. The van der Waals surface area contributed by atoms with Gasteiger partial charge in [-0.05, 0) is 63.9 Å². The largest absolute Gasteiger partial charge is 0.443 e. The van der Waals surface area contributed by atoms with Crippen LogP contribution in [0.4, 0.5) is 4.79 Å². The van der Waals surface area contributed by atoms with Crippen LogP contribution < -0.4 is 5.32 Å². The zero-order chi connectivity index (χ0) is 16.4. The average Bonchev–Trinajstić information content (AvgIpc) is 2.53. The lowest BCUT2D eigenvalue weighted by molar-refractivity contribution is 0.0274. The maximum Gasteiger partial charge on any atom is 0.414 e. The van der Waals surface area contributed by atoms with E-state index < -0.39 is 5.60 Å². The van der Waals surface area contributed by atoms with Crippen LogP contribution in [-0.2, 0) is 11.3 Å². The molecule has 23 heavy (non-hydrogen) atoms. The molecule has 2 heterocycles. The van der Waals surface area contributed by atoms with Gasteiger partial charge in [0.05, 0.1) is 6.54 Å². The Morgan fingerprint density at radius 3 is 2.61 bits per heavy atom. The molecule has 1 amide bonds. The molecule has 0 saturated carbocycles. The Balaban J connectivity index is 1.91. The van der Waals surface area contributed by atoms with Crippen LogP contribution >= 0.6 is 0 Å². The lowest BCUT2D eigenvalue weighted by Crippen LogP contribution is -2.41. The number of carbonyl (C=O) groups is 1. The first-order valence-electron chi connectivity index (χ1n) is 8.45. The highest BCUT2D eigenvalue weighted by molar-refractivity contribution is 5.75. The summed E-state index contributed by atoms with van der Waals surface area (Å²) < 4.78 is 5.64. The Bertz CT molecular complexity index is 610. The number of amides is 1. The van der Waals surface area contributed by atoms with Gasteiger partial charge in [-0.2, -0.15) is 0 Å².